The van der Waals surface area contributed by atoms with Crippen LogP contribution in [0.4, 0.5) is 0 Å². The molecule has 1 aromatic carbocycles. The van der Waals surface area contributed by atoms with Crippen LogP contribution >= 0.6 is 0 Å². The molecule has 5 unspecified atom stereocenters. The summed E-state index contributed by atoms with van der Waals surface area (Å²) in [6.07, 6.45) is 0.219. The summed E-state index contributed by atoms with van der Waals surface area (Å²) in [5.74, 6) is -4.61. The van der Waals surface area contributed by atoms with Crippen molar-refractivity contribution in [1.29, 1.82) is 0 Å². The summed E-state index contributed by atoms with van der Waals surface area (Å²) in [5.41, 5.74) is 6.45. The maximum Gasteiger partial charge on any atom is 0.326 e. The van der Waals surface area contributed by atoms with E-state index in [-0.39, 0.29) is 25.2 Å². The highest BCUT2D eigenvalue weighted by Gasteiger charge is 2.31. The number of carbonyl (C=O) groups is 5. The molecule has 0 aromatic heterocycles. The van der Waals surface area contributed by atoms with Crippen molar-refractivity contribution in [3.05, 3.63) is 35.9 Å². The fraction of sp³-hybridized carbons (Fsp3) is 0.522. The molecule has 0 aliphatic carbocycles. The molecule has 0 aliphatic heterocycles. The molecule has 0 spiro atoms. The molecule has 1 aromatic rings. The molecule has 7 N–H and O–H groups in total. The van der Waals surface area contributed by atoms with Crippen molar-refractivity contribution in [2.45, 2.75) is 70.6 Å². The molecule has 0 saturated carbocycles. The van der Waals surface area contributed by atoms with Gasteiger partial charge in [-0.15, -0.1) is 0 Å². The minimum absolute atomic E-state index is 0.0718. The van der Waals surface area contributed by atoms with E-state index in [0.717, 1.165) is 5.56 Å². The van der Waals surface area contributed by atoms with Crippen LogP contribution in [-0.2, 0) is 30.4 Å². The predicted molar refractivity (Wildman–Crippen MR) is 124 cm³/mol. The third-order valence-electron chi connectivity index (χ3n) is 5.45. The predicted octanol–water partition coefficient (Wildman–Crippen LogP) is 0.0262. The molecule has 0 fully saturated rings. The summed E-state index contributed by atoms with van der Waals surface area (Å²) >= 11 is 0. The van der Waals surface area contributed by atoms with Crippen LogP contribution in [0, 0.1) is 5.92 Å². The fourth-order valence-corrected chi connectivity index (χ4v) is 3.09. The molecule has 34 heavy (non-hydrogen) atoms. The Kier molecular flexibility index (Phi) is 11.7. The summed E-state index contributed by atoms with van der Waals surface area (Å²) in [4.78, 5) is 60.1. The Bertz CT molecular complexity index is 862. The Hall–Kier alpha value is -3.47. The third-order valence-corrected chi connectivity index (χ3v) is 5.45. The lowest BCUT2D eigenvalue weighted by molar-refractivity contribution is -0.142. The van der Waals surface area contributed by atoms with E-state index in [2.05, 4.69) is 16.0 Å². The summed E-state index contributed by atoms with van der Waals surface area (Å²) in [6.45, 7) is 4.96. The Morgan fingerprint density at radius 2 is 1.53 bits per heavy atom. The number of nitrogens with one attached hydrogen (secondary N) is 3. The average Bonchev–Trinajstić information content (AvgIpc) is 2.79. The van der Waals surface area contributed by atoms with Crippen LogP contribution in [0.3, 0.4) is 0 Å². The van der Waals surface area contributed by atoms with Crippen LogP contribution in [-0.4, -0.2) is 64.0 Å². The molecular formula is C23H34N4O7. The molecule has 11 heteroatoms. The van der Waals surface area contributed by atoms with Gasteiger partial charge in [0.05, 0.1) is 6.04 Å². The SMILES string of the molecule is CCC(C)C(NC(=O)C(N)CCC(=O)O)C(=O)NC(C)C(=O)NC(Cc1ccccc1)C(=O)O. The zero-order valence-electron chi connectivity index (χ0n) is 19.6. The van der Waals surface area contributed by atoms with Crippen LogP contribution in [0.1, 0.15) is 45.6 Å². The topological polar surface area (TPSA) is 188 Å². The molecule has 0 aliphatic rings. The molecule has 3 amide bonds. The number of carbonyl (C=O) groups excluding carboxylic acids is 3. The largest absolute Gasteiger partial charge is 0.481 e. The molecule has 0 bridgehead atoms. The summed E-state index contributed by atoms with van der Waals surface area (Å²) in [5, 5.41) is 25.7. The molecule has 0 radical (unpaired) electrons. The Labute approximate surface area is 198 Å². The second-order valence-corrected chi connectivity index (χ2v) is 8.23. The maximum absolute atomic E-state index is 12.8. The van der Waals surface area contributed by atoms with Crippen molar-refractivity contribution < 1.29 is 34.2 Å². The first-order valence-electron chi connectivity index (χ1n) is 11.1. The van der Waals surface area contributed by atoms with E-state index in [1.54, 1.807) is 37.3 Å². The van der Waals surface area contributed by atoms with E-state index < -0.39 is 53.8 Å². The number of aliphatic carboxylic acids is 2. The van der Waals surface area contributed by atoms with Gasteiger partial charge in [0.25, 0.3) is 0 Å². The number of amides is 3. The summed E-state index contributed by atoms with van der Waals surface area (Å²) in [7, 11) is 0. The number of benzene rings is 1. The van der Waals surface area contributed by atoms with E-state index in [4.69, 9.17) is 10.8 Å². The highest BCUT2D eigenvalue weighted by molar-refractivity contribution is 5.94. The van der Waals surface area contributed by atoms with E-state index >= 15 is 0 Å². The number of hydrogen-bond donors (Lipinski definition) is 6. The molecular weight excluding hydrogens is 444 g/mol. The van der Waals surface area contributed by atoms with Crippen molar-refractivity contribution >= 4 is 29.7 Å². The summed E-state index contributed by atoms with van der Waals surface area (Å²) < 4.78 is 0. The Morgan fingerprint density at radius 1 is 0.912 bits per heavy atom. The Balaban J connectivity index is 2.78. The Morgan fingerprint density at radius 3 is 2.06 bits per heavy atom. The smallest absolute Gasteiger partial charge is 0.326 e. The normalized spacial score (nSPS) is 15.2. The molecule has 0 saturated heterocycles. The summed E-state index contributed by atoms with van der Waals surface area (Å²) in [6, 6.07) is 4.42. The van der Waals surface area contributed by atoms with Crippen LogP contribution in [0.25, 0.3) is 0 Å². The van der Waals surface area contributed by atoms with E-state index in [0.29, 0.717) is 6.42 Å². The minimum atomic E-state index is -1.21. The monoisotopic (exact) mass is 478 g/mol. The third kappa shape index (κ3) is 9.57. The average molecular weight is 479 g/mol. The standard InChI is InChI=1S/C23H34N4O7/c1-4-13(2)19(27-21(31)16(24)10-11-18(28)29)22(32)25-14(3)20(30)26-17(23(33)34)12-15-8-6-5-7-9-15/h5-9,13-14,16-17,19H,4,10-12,24H2,1-3H3,(H,25,32)(H,26,30)(H,27,31)(H,28,29)(H,33,34). The van der Waals surface area contributed by atoms with Crippen molar-refractivity contribution in [3.63, 3.8) is 0 Å². The van der Waals surface area contributed by atoms with Crippen LogP contribution in [0.5, 0.6) is 0 Å². The fourth-order valence-electron chi connectivity index (χ4n) is 3.09. The second kappa shape index (κ2) is 13.9. The van der Waals surface area contributed by atoms with Gasteiger partial charge in [-0.3, -0.25) is 19.2 Å². The van der Waals surface area contributed by atoms with Gasteiger partial charge in [-0.1, -0.05) is 50.6 Å². The molecule has 1 rings (SSSR count). The van der Waals surface area contributed by atoms with Gasteiger partial charge >= 0.3 is 11.9 Å². The molecule has 0 heterocycles. The first kappa shape index (κ1) is 28.6. The van der Waals surface area contributed by atoms with Gasteiger partial charge in [0.15, 0.2) is 0 Å². The quantitative estimate of drug-likeness (QED) is 0.216. The number of carboxylic acids is 2. The van der Waals surface area contributed by atoms with Crippen molar-refractivity contribution in [3.8, 4) is 0 Å². The van der Waals surface area contributed by atoms with Gasteiger partial charge in [0, 0.05) is 12.8 Å². The minimum Gasteiger partial charge on any atom is -0.481 e. The lowest BCUT2D eigenvalue weighted by Crippen LogP contribution is -2.58. The zero-order chi connectivity index (χ0) is 25.8. The van der Waals surface area contributed by atoms with Gasteiger partial charge in [0.1, 0.15) is 18.1 Å². The van der Waals surface area contributed by atoms with Crippen molar-refractivity contribution in [2.24, 2.45) is 11.7 Å². The lowest BCUT2D eigenvalue weighted by atomic mass is 9.97. The van der Waals surface area contributed by atoms with E-state index in [9.17, 15) is 29.1 Å². The van der Waals surface area contributed by atoms with Gasteiger partial charge in [-0.2, -0.15) is 0 Å². The van der Waals surface area contributed by atoms with Crippen molar-refractivity contribution in [1.82, 2.24) is 16.0 Å². The lowest BCUT2D eigenvalue weighted by Gasteiger charge is -2.27. The maximum atomic E-state index is 12.8. The zero-order valence-corrected chi connectivity index (χ0v) is 19.6. The highest BCUT2D eigenvalue weighted by Crippen LogP contribution is 2.10. The van der Waals surface area contributed by atoms with E-state index in [1.165, 1.54) is 6.92 Å². The highest BCUT2D eigenvalue weighted by atomic mass is 16.4. The number of carboxylic acid groups (broad SMARTS) is 2. The first-order chi connectivity index (χ1) is 16.0. The van der Waals surface area contributed by atoms with E-state index in [1.807, 2.05) is 6.92 Å². The van der Waals surface area contributed by atoms with Gasteiger partial charge in [-0.25, -0.2) is 4.79 Å². The van der Waals surface area contributed by atoms with Gasteiger partial charge in [-0.05, 0) is 24.8 Å². The van der Waals surface area contributed by atoms with Crippen LogP contribution in [0.2, 0.25) is 0 Å². The molecule has 5 atom stereocenters. The van der Waals surface area contributed by atoms with Crippen molar-refractivity contribution in [2.75, 3.05) is 0 Å². The molecule has 11 nitrogen and oxygen atoms in total. The van der Waals surface area contributed by atoms with Crippen LogP contribution in [0.15, 0.2) is 30.3 Å². The number of nitrogens with two attached hydrogens (primary N) is 1. The number of hydrogen-bond acceptors (Lipinski definition) is 6. The first-order valence-corrected chi connectivity index (χ1v) is 11.1. The van der Waals surface area contributed by atoms with Gasteiger partial charge < -0.3 is 31.9 Å². The van der Waals surface area contributed by atoms with Crippen LogP contribution < -0.4 is 21.7 Å². The number of rotatable bonds is 14. The molecule has 188 valence electrons. The second-order valence-electron chi connectivity index (χ2n) is 8.23. The van der Waals surface area contributed by atoms with Gasteiger partial charge in [0.2, 0.25) is 17.7 Å².